The third-order valence-electron chi connectivity index (χ3n) is 4.41. The molecule has 0 aromatic rings. The van der Waals surface area contributed by atoms with Crippen LogP contribution in [0.25, 0.3) is 0 Å². The van der Waals surface area contributed by atoms with Crippen molar-refractivity contribution in [3.8, 4) is 0 Å². The Bertz CT molecular complexity index is 237. The Morgan fingerprint density at radius 1 is 1.33 bits per heavy atom. The van der Waals surface area contributed by atoms with Crippen LogP contribution in [0, 0.1) is 17.8 Å². The minimum Gasteiger partial charge on any atom is -0.378 e. The molecule has 18 heavy (non-hydrogen) atoms. The van der Waals surface area contributed by atoms with Gasteiger partial charge in [-0.1, -0.05) is 53.9 Å². The second-order valence-electron chi connectivity index (χ2n) is 7.08. The maximum Gasteiger partial charge on any atom is 0.0773 e. The van der Waals surface area contributed by atoms with Gasteiger partial charge in [-0.05, 0) is 35.9 Å². The van der Waals surface area contributed by atoms with Crippen LogP contribution in [0.3, 0.4) is 0 Å². The highest BCUT2D eigenvalue weighted by Crippen LogP contribution is 2.37. The Kier molecular flexibility index (Phi) is 6.24. The lowest BCUT2D eigenvalue weighted by Gasteiger charge is -2.39. The van der Waals surface area contributed by atoms with Crippen molar-refractivity contribution in [1.82, 2.24) is 0 Å². The molecular formula is C16H31BO. The van der Waals surface area contributed by atoms with Crippen molar-refractivity contribution in [3.05, 3.63) is 0 Å². The largest absolute Gasteiger partial charge is 0.378 e. The van der Waals surface area contributed by atoms with E-state index < -0.39 is 0 Å². The molecule has 1 fully saturated rings. The monoisotopic (exact) mass is 250 g/mol. The van der Waals surface area contributed by atoms with Crippen LogP contribution in [-0.2, 0) is 4.74 Å². The summed E-state index contributed by atoms with van der Waals surface area (Å²) in [6.45, 7) is 12.0. The fraction of sp³-hybridized carbons (Fsp3) is 1.00. The van der Waals surface area contributed by atoms with Gasteiger partial charge in [0.05, 0.1) is 14.0 Å². The van der Waals surface area contributed by atoms with Crippen molar-refractivity contribution in [2.75, 3.05) is 6.61 Å². The molecule has 1 rings (SSSR count). The van der Waals surface area contributed by atoms with Crippen LogP contribution in [0.2, 0.25) is 5.31 Å². The molecule has 0 bridgehead atoms. The first-order valence-corrected chi connectivity index (χ1v) is 7.76. The summed E-state index contributed by atoms with van der Waals surface area (Å²) < 4.78 is 6.22. The van der Waals surface area contributed by atoms with Gasteiger partial charge in [0.1, 0.15) is 0 Å². The standard InChI is InChI=1S/C16H31BO/c1-6-9-16(5,17)11-18-15-10-13(4)7-8-14(15)12(2)3/h12-15H,6-11H2,1-5H3. The van der Waals surface area contributed by atoms with Gasteiger partial charge >= 0.3 is 0 Å². The molecule has 0 saturated heterocycles. The first-order valence-electron chi connectivity index (χ1n) is 7.76. The van der Waals surface area contributed by atoms with Crippen molar-refractivity contribution in [3.63, 3.8) is 0 Å². The quantitative estimate of drug-likeness (QED) is 0.625. The lowest BCUT2D eigenvalue weighted by molar-refractivity contribution is -0.0476. The van der Waals surface area contributed by atoms with Crippen molar-refractivity contribution in [2.24, 2.45) is 17.8 Å². The molecule has 0 spiro atoms. The summed E-state index contributed by atoms with van der Waals surface area (Å²) in [4.78, 5) is 0. The molecule has 104 valence electrons. The number of hydrogen-bond acceptors (Lipinski definition) is 1. The van der Waals surface area contributed by atoms with E-state index in [0.717, 1.165) is 30.6 Å². The molecule has 1 nitrogen and oxygen atoms in total. The Hall–Kier alpha value is 0.0249. The lowest BCUT2D eigenvalue weighted by atomic mass is 9.68. The highest BCUT2D eigenvalue weighted by Gasteiger charge is 2.32. The summed E-state index contributed by atoms with van der Waals surface area (Å²) in [6, 6.07) is 0. The first kappa shape index (κ1) is 16.1. The summed E-state index contributed by atoms with van der Waals surface area (Å²) >= 11 is 0. The predicted molar refractivity (Wildman–Crippen MR) is 80.1 cm³/mol. The van der Waals surface area contributed by atoms with Gasteiger partial charge in [0, 0.05) is 6.61 Å². The molecular weight excluding hydrogens is 219 g/mol. The van der Waals surface area contributed by atoms with Gasteiger partial charge < -0.3 is 4.74 Å². The van der Waals surface area contributed by atoms with E-state index in [9.17, 15) is 0 Å². The van der Waals surface area contributed by atoms with E-state index in [-0.39, 0.29) is 5.31 Å². The fourth-order valence-electron chi connectivity index (χ4n) is 3.25. The minimum absolute atomic E-state index is 0.156. The summed E-state index contributed by atoms with van der Waals surface area (Å²) in [5.41, 5.74) is 0. The van der Waals surface area contributed by atoms with Crippen LogP contribution in [0.15, 0.2) is 0 Å². The second kappa shape index (κ2) is 6.98. The molecule has 2 radical (unpaired) electrons. The Balaban J connectivity index is 2.50. The van der Waals surface area contributed by atoms with Crippen molar-refractivity contribution < 1.29 is 4.74 Å². The van der Waals surface area contributed by atoms with Crippen molar-refractivity contribution >= 4 is 7.85 Å². The SMILES string of the molecule is [B]C(C)(CCC)COC1CC(C)CCC1C(C)C. The van der Waals surface area contributed by atoms with Gasteiger partial charge in [-0.15, -0.1) is 0 Å². The topological polar surface area (TPSA) is 9.23 Å². The second-order valence-corrected chi connectivity index (χ2v) is 7.08. The number of ether oxygens (including phenoxy) is 1. The van der Waals surface area contributed by atoms with Crippen LogP contribution >= 0.6 is 0 Å². The smallest absolute Gasteiger partial charge is 0.0773 e. The van der Waals surface area contributed by atoms with Crippen LogP contribution in [0.5, 0.6) is 0 Å². The first-order chi connectivity index (χ1) is 8.35. The average molecular weight is 250 g/mol. The summed E-state index contributed by atoms with van der Waals surface area (Å²) in [6.07, 6.45) is 6.49. The molecule has 1 aliphatic rings. The molecule has 4 atom stereocenters. The van der Waals surface area contributed by atoms with E-state index in [4.69, 9.17) is 12.6 Å². The van der Waals surface area contributed by atoms with Crippen LogP contribution in [0.4, 0.5) is 0 Å². The molecule has 0 aromatic heterocycles. The maximum absolute atomic E-state index is 6.28. The van der Waals surface area contributed by atoms with E-state index >= 15 is 0 Å². The molecule has 2 heteroatoms. The molecule has 0 aliphatic heterocycles. The average Bonchev–Trinajstić information content (AvgIpc) is 2.26. The molecule has 0 heterocycles. The third kappa shape index (κ3) is 4.95. The predicted octanol–water partition coefficient (Wildman–Crippen LogP) is 4.61. The Morgan fingerprint density at radius 3 is 2.56 bits per heavy atom. The molecule has 0 aromatic carbocycles. The van der Waals surface area contributed by atoms with Gasteiger partial charge in [0.2, 0.25) is 0 Å². The molecule has 0 N–H and O–H groups in total. The summed E-state index contributed by atoms with van der Waals surface area (Å²) in [7, 11) is 6.28. The molecule has 1 aliphatic carbocycles. The van der Waals surface area contributed by atoms with Gasteiger partial charge in [-0.3, -0.25) is 0 Å². The summed E-state index contributed by atoms with van der Waals surface area (Å²) in [5, 5.41) is -0.156. The maximum atomic E-state index is 6.28. The van der Waals surface area contributed by atoms with Crippen LogP contribution < -0.4 is 0 Å². The van der Waals surface area contributed by atoms with E-state index in [1.165, 1.54) is 19.3 Å². The molecule has 4 unspecified atom stereocenters. The van der Waals surface area contributed by atoms with Crippen molar-refractivity contribution in [2.45, 2.75) is 78.1 Å². The molecule has 1 saturated carbocycles. The van der Waals surface area contributed by atoms with E-state index in [1.807, 2.05) is 0 Å². The minimum atomic E-state index is -0.156. The zero-order chi connectivity index (χ0) is 13.8. The van der Waals surface area contributed by atoms with Gasteiger partial charge in [0.25, 0.3) is 0 Å². The van der Waals surface area contributed by atoms with Gasteiger partial charge in [0.15, 0.2) is 0 Å². The fourth-order valence-corrected chi connectivity index (χ4v) is 3.25. The van der Waals surface area contributed by atoms with E-state index in [0.29, 0.717) is 12.7 Å². The van der Waals surface area contributed by atoms with Crippen LogP contribution in [0.1, 0.15) is 66.7 Å². The third-order valence-corrected chi connectivity index (χ3v) is 4.41. The van der Waals surface area contributed by atoms with Gasteiger partial charge in [-0.25, -0.2) is 0 Å². The summed E-state index contributed by atoms with van der Waals surface area (Å²) in [5.74, 6) is 2.25. The number of rotatable bonds is 6. The zero-order valence-corrected chi connectivity index (χ0v) is 13.0. The Morgan fingerprint density at radius 2 is 2.00 bits per heavy atom. The van der Waals surface area contributed by atoms with Crippen LogP contribution in [-0.4, -0.2) is 20.6 Å². The van der Waals surface area contributed by atoms with E-state index in [1.54, 1.807) is 0 Å². The highest BCUT2D eigenvalue weighted by atomic mass is 16.5. The zero-order valence-electron chi connectivity index (χ0n) is 13.0. The van der Waals surface area contributed by atoms with Crippen molar-refractivity contribution in [1.29, 1.82) is 0 Å². The number of hydrogen-bond donors (Lipinski definition) is 0. The normalized spacial score (nSPS) is 32.4. The van der Waals surface area contributed by atoms with Gasteiger partial charge in [-0.2, -0.15) is 0 Å². The van der Waals surface area contributed by atoms with E-state index in [2.05, 4.69) is 34.6 Å². The molecule has 0 amide bonds. The Labute approximate surface area is 115 Å². The highest BCUT2D eigenvalue weighted by molar-refractivity contribution is 6.15. The lowest BCUT2D eigenvalue weighted by Crippen LogP contribution is -2.36.